The van der Waals surface area contributed by atoms with Gasteiger partial charge in [-0.2, -0.15) is 0 Å². The minimum atomic E-state index is -1.42. The summed E-state index contributed by atoms with van der Waals surface area (Å²) in [5.41, 5.74) is 5.44. The Morgan fingerprint density at radius 2 is 1.73 bits per heavy atom. The molecule has 0 saturated heterocycles. The summed E-state index contributed by atoms with van der Waals surface area (Å²) in [4.78, 5) is 32.5. The second-order valence-corrected chi connectivity index (χ2v) is 16.0. The second kappa shape index (κ2) is 20.3. The van der Waals surface area contributed by atoms with E-state index in [1.807, 2.05) is 37.3 Å². The van der Waals surface area contributed by atoms with Crippen molar-refractivity contribution in [3.63, 3.8) is 0 Å². The fraction of sp³-hybridized carbons (Fsp3) is 0.489. The number of hydrogen-bond acceptors (Lipinski definition) is 11. The number of aryl methyl sites for hydroxylation is 2. The molecule has 1 fully saturated rings. The van der Waals surface area contributed by atoms with Gasteiger partial charge in [-0.25, -0.2) is 4.79 Å². The van der Waals surface area contributed by atoms with E-state index in [2.05, 4.69) is 32.6 Å². The number of oxime groups is 1. The third-order valence-corrected chi connectivity index (χ3v) is 12.2. The highest BCUT2D eigenvalue weighted by Crippen LogP contribution is 2.62. The van der Waals surface area contributed by atoms with Gasteiger partial charge < -0.3 is 34.0 Å². The Hall–Kier alpha value is -5.24. The molecule has 60 heavy (non-hydrogen) atoms. The van der Waals surface area contributed by atoms with Crippen molar-refractivity contribution >= 4 is 17.5 Å². The van der Waals surface area contributed by atoms with Crippen LogP contribution in [-0.2, 0) is 20.9 Å². The maximum Gasteiger partial charge on any atom is 0.409 e. The summed E-state index contributed by atoms with van der Waals surface area (Å²) < 4.78 is 26.2. The number of non-ortho nitro benzene ring substituents is 1. The predicted octanol–water partition coefficient (Wildman–Crippen LogP) is 9.32. The Balaban J connectivity index is 1.56. The minimum Gasteiger partial charge on any atom is -0.459 e. The Morgan fingerprint density at radius 1 is 1.02 bits per heavy atom. The molecule has 0 bridgehead atoms. The highest BCUT2D eigenvalue weighted by atomic mass is 16.7. The van der Waals surface area contributed by atoms with E-state index in [0.29, 0.717) is 48.6 Å². The third kappa shape index (κ3) is 9.53. The number of amides is 1. The van der Waals surface area contributed by atoms with Gasteiger partial charge in [-0.15, -0.1) is 6.58 Å². The lowest BCUT2D eigenvalue weighted by atomic mass is 9.55. The highest BCUT2D eigenvalue weighted by molar-refractivity contribution is 6.03. The average Bonchev–Trinajstić information content (AvgIpc) is 3.25. The third-order valence-electron chi connectivity index (χ3n) is 12.2. The van der Waals surface area contributed by atoms with Crippen LogP contribution in [0.25, 0.3) is 0 Å². The van der Waals surface area contributed by atoms with E-state index >= 15 is 0 Å². The van der Waals surface area contributed by atoms with E-state index in [-0.39, 0.29) is 56.3 Å². The molecule has 3 aromatic rings. The van der Waals surface area contributed by atoms with Gasteiger partial charge in [0.15, 0.2) is 0 Å². The molecule has 0 aromatic heterocycles. The second-order valence-electron chi connectivity index (χ2n) is 16.0. The molecule has 1 heterocycles. The normalized spacial score (nSPS) is 23.4. The molecule has 3 aliphatic rings. The maximum absolute atomic E-state index is 13.8. The van der Waals surface area contributed by atoms with Crippen LogP contribution in [-0.4, -0.2) is 77.1 Å². The van der Waals surface area contributed by atoms with Crippen LogP contribution in [0.3, 0.4) is 0 Å². The first-order valence-electron chi connectivity index (χ1n) is 21.1. The Bertz CT molecular complexity index is 2030. The first-order valence-corrected chi connectivity index (χ1v) is 21.1. The largest absolute Gasteiger partial charge is 0.459 e. The van der Waals surface area contributed by atoms with E-state index in [0.717, 1.165) is 48.1 Å². The molecule has 1 aliphatic heterocycles. The number of hydrogen-bond donors (Lipinski definition) is 2. The van der Waals surface area contributed by atoms with Gasteiger partial charge in [0.05, 0.1) is 30.3 Å². The molecule has 3 aromatic carbocycles. The standard InChI is InChI=1S/C47H59N3O10/c1-6-22-49(46(53)56-5)43-29-41(48-58-30-33-15-17-35(18-16-33)50(54)55)39-27-34(12-8-10-23-51)38(13-9-11-24-52)44-40-28-37(59-36-19-14-31(3)32(4)26-36)20-21-42(40)60-47(43,45(39)44)57-25-7-2/h7,14-21,26-28,34,38,43-45,51-52H,2,6,8-13,22-25,29-30H2,1,3-5H3/t34-,38+,43-,44+,45+,47+/m0/s1. The van der Waals surface area contributed by atoms with Crippen LogP contribution in [0.2, 0.25) is 0 Å². The number of nitro groups is 1. The van der Waals surface area contributed by atoms with E-state index in [4.69, 9.17) is 28.9 Å². The quantitative estimate of drug-likeness (QED) is 0.0486. The lowest BCUT2D eigenvalue weighted by Crippen LogP contribution is -2.70. The molecule has 2 N–H and O–H groups in total. The van der Waals surface area contributed by atoms with Gasteiger partial charge in [0.2, 0.25) is 5.79 Å². The number of benzene rings is 3. The predicted molar refractivity (Wildman–Crippen MR) is 228 cm³/mol. The van der Waals surface area contributed by atoms with Crippen LogP contribution in [0.15, 0.2) is 90.1 Å². The highest BCUT2D eigenvalue weighted by Gasteiger charge is 2.65. The summed E-state index contributed by atoms with van der Waals surface area (Å²) >= 11 is 0. The number of rotatable bonds is 20. The number of carbonyl (C=O) groups is 1. The summed E-state index contributed by atoms with van der Waals surface area (Å²) in [5, 5.41) is 35.9. The topological polar surface area (TPSA) is 162 Å². The van der Waals surface area contributed by atoms with E-state index in [9.17, 15) is 25.1 Å². The molecule has 13 heteroatoms. The molecule has 0 spiro atoms. The van der Waals surface area contributed by atoms with Gasteiger partial charge >= 0.3 is 6.09 Å². The van der Waals surface area contributed by atoms with E-state index in [1.54, 1.807) is 23.1 Å². The van der Waals surface area contributed by atoms with Crippen LogP contribution >= 0.6 is 0 Å². The molecule has 1 amide bonds. The molecule has 13 nitrogen and oxygen atoms in total. The SMILES string of the molecule is C=CCO[C@@]12Oc3ccc(Oc4ccc(C)c(C)c4)cc3[C@H]3[C@H](CCCCO)[C@@H](CCCCO)C=C(C(=NOCc4ccc([N+](=O)[O-])cc4)C[C@@H]1N(CCC)C(=O)OC)[C@H]32. The molecule has 0 unspecified atom stereocenters. The van der Waals surface area contributed by atoms with Crippen LogP contribution in [0.1, 0.15) is 86.5 Å². The number of unbranched alkanes of at least 4 members (excludes halogenated alkanes) is 2. The van der Waals surface area contributed by atoms with Crippen molar-refractivity contribution in [1.82, 2.24) is 4.90 Å². The molecular formula is C47H59N3O10. The monoisotopic (exact) mass is 825 g/mol. The van der Waals surface area contributed by atoms with Gasteiger partial charge in [0.1, 0.15) is 29.9 Å². The number of ether oxygens (including phenoxy) is 4. The Labute approximate surface area is 352 Å². The molecule has 6 atom stereocenters. The number of nitrogens with zero attached hydrogens (tertiary/aromatic N) is 3. The zero-order valence-corrected chi connectivity index (χ0v) is 35.2. The van der Waals surface area contributed by atoms with Crippen molar-refractivity contribution in [3.05, 3.63) is 117 Å². The number of methoxy groups -OCH3 is 1. The minimum absolute atomic E-state index is 0.0193. The molecule has 6 rings (SSSR count). The van der Waals surface area contributed by atoms with E-state index < -0.39 is 28.8 Å². The van der Waals surface area contributed by atoms with Gasteiger partial charge in [0.25, 0.3) is 5.69 Å². The zero-order valence-electron chi connectivity index (χ0n) is 35.2. The smallest absolute Gasteiger partial charge is 0.409 e. The average molecular weight is 826 g/mol. The fourth-order valence-electron chi connectivity index (χ4n) is 9.26. The number of allylic oxidation sites excluding steroid dienone is 1. The van der Waals surface area contributed by atoms with Crippen molar-refractivity contribution in [3.8, 4) is 17.2 Å². The molecular weight excluding hydrogens is 767 g/mol. The fourth-order valence-corrected chi connectivity index (χ4v) is 9.26. The summed E-state index contributed by atoms with van der Waals surface area (Å²) in [6.45, 7) is 10.8. The van der Waals surface area contributed by atoms with Crippen molar-refractivity contribution in [2.75, 3.05) is 33.5 Å². The number of aliphatic hydroxyl groups excluding tert-OH is 2. The van der Waals surface area contributed by atoms with Gasteiger partial charge in [0, 0.05) is 49.8 Å². The Kier molecular flexibility index (Phi) is 15.0. The first kappa shape index (κ1) is 44.3. The Morgan fingerprint density at radius 3 is 2.40 bits per heavy atom. The zero-order chi connectivity index (χ0) is 42.8. The lowest BCUT2D eigenvalue weighted by Gasteiger charge is -2.59. The van der Waals surface area contributed by atoms with Gasteiger partial charge in [-0.3, -0.25) is 15.0 Å². The summed E-state index contributed by atoms with van der Waals surface area (Å²) in [6, 6.07) is 17.4. The van der Waals surface area contributed by atoms with Crippen molar-refractivity contribution in [1.29, 1.82) is 0 Å². The van der Waals surface area contributed by atoms with Crippen LogP contribution in [0.5, 0.6) is 17.2 Å². The van der Waals surface area contributed by atoms with E-state index in [1.165, 1.54) is 24.8 Å². The number of fused-ring (bicyclic) bond motifs is 2. The van der Waals surface area contributed by atoms with Crippen LogP contribution < -0.4 is 9.47 Å². The molecule has 0 radical (unpaired) electrons. The maximum atomic E-state index is 13.8. The van der Waals surface area contributed by atoms with Crippen molar-refractivity contribution < 1.29 is 43.7 Å². The summed E-state index contributed by atoms with van der Waals surface area (Å²) in [7, 11) is 1.37. The van der Waals surface area contributed by atoms with Gasteiger partial charge in [-0.1, -0.05) is 43.1 Å². The lowest BCUT2D eigenvalue weighted by molar-refractivity contribution is -0.384. The summed E-state index contributed by atoms with van der Waals surface area (Å²) in [5.74, 6) is -0.0807. The van der Waals surface area contributed by atoms with Crippen molar-refractivity contribution in [2.45, 2.75) is 96.5 Å². The first-order chi connectivity index (χ1) is 29.1. The number of aliphatic hydroxyl groups is 2. The summed E-state index contributed by atoms with van der Waals surface area (Å²) in [6.07, 6.45) is 8.76. The molecule has 2 aliphatic carbocycles. The van der Waals surface area contributed by atoms with Crippen molar-refractivity contribution in [2.24, 2.45) is 22.9 Å². The molecule has 1 saturated carbocycles. The molecule has 322 valence electrons. The van der Waals surface area contributed by atoms with Crippen LogP contribution in [0, 0.1) is 41.7 Å². The number of nitro benzene ring substituents is 1. The van der Waals surface area contributed by atoms with Gasteiger partial charge in [-0.05, 0) is 123 Å². The van der Waals surface area contributed by atoms with Crippen LogP contribution in [0.4, 0.5) is 10.5 Å². The number of carbonyl (C=O) groups excluding carboxylic acids is 1.